The van der Waals surface area contributed by atoms with Crippen molar-refractivity contribution in [3.8, 4) is 0 Å². The Hall–Kier alpha value is -0.590. The maximum Gasteiger partial charge on any atom is 0.259 e. The standard InChI is InChI=1S/C11H20ClN3O2S/c1-8(2)5-10(12)6-13-18(16,17)11-7-15(4)9(3)14-11/h7-8,10,13H,5-6H2,1-4H3. The number of sulfonamides is 1. The molecular formula is C11H20ClN3O2S. The van der Waals surface area contributed by atoms with Crippen molar-refractivity contribution in [2.24, 2.45) is 13.0 Å². The average molecular weight is 294 g/mol. The summed E-state index contributed by atoms with van der Waals surface area (Å²) in [4.78, 5) is 3.99. The maximum absolute atomic E-state index is 11.9. The van der Waals surface area contributed by atoms with Crippen molar-refractivity contribution in [1.29, 1.82) is 0 Å². The van der Waals surface area contributed by atoms with E-state index in [2.05, 4.69) is 9.71 Å². The molecule has 1 aromatic heterocycles. The molecule has 1 aromatic rings. The van der Waals surface area contributed by atoms with Gasteiger partial charge in [0.05, 0.1) is 0 Å². The molecule has 0 spiro atoms. The van der Waals surface area contributed by atoms with E-state index in [1.807, 2.05) is 13.8 Å². The number of hydrogen-bond acceptors (Lipinski definition) is 3. The summed E-state index contributed by atoms with van der Waals surface area (Å²) in [6.07, 6.45) is 2.26. The highest BCUT2D eigenvalue weighted by Crippen LogP contribution is 2.12. The molecule has 0 amide bonds. The van der Waals surface area contributed by atoms with E-state index in [9.17, 15) is 8.42 Å². The van der Waals surface area contributed by atoms with Crippen LogP contribution < -0.4 is 4.72 Å². The van der Waals surface area contributed by atoms with Gasteiger partial charge in [-0.25, -0.2) is 18.1 Å². The summed E-state index contributed by atoms with van der Waals surface area (Å²) < 4.78 is 28.0. The van der Waals surface area contributed by atoms with Gasteiger partial charge in [-0.1, -0.05) is 13.8 Å². The van der Waals surface area contributed by atoms with Crippen LogP contribution in [-0.4, -0.2) is 29.9 Å². The van der Waals surface area contributed by atoms with E-state index in [4.69, 9.17) is 11.6 Å². The van der Waals surface area contributed by atoms with E-state index >= 15 is 0 Å². The van der Waals surface area contributed by atoms with Crippen molar-refractivity contribution in [2.75, 3.05) is 6.54 Å². The van der Waals surface area contributed by atoms with Crippen LogP contribution in [0.2, 0.25) is 0 Å². The van der Waals surface area contributed by atoms with Crippen LogP contribution in [0.15, 0.2) is 11.2 Å². The fourth-order valence-electron chi connectivity index (χ4n) is 1.52. The van der Waals surface area contributed by atoms with Crippen molar-refractivity contribution < 1.29 is 8.42 Å². The largest absolute Gasteiger partial charge is 0.337 e. The number of halogens is 1. The molecular weight excluding hydrogens is 274 g/mol. The highest BCUT2D eigenvalue weighted by atomic mass is 35.5. The van der Waals surface area contributed by atoms with E-state index in [1.165, 1.54) is 6.20 Å². The van der Waals surface area contributed by atoms with Crippen molar-refractivity contribution >= 4 is 21.6 Å². The molecule has 0 radical (unpaired) electrons. The average Bonchev–Trinajstić information content (AvgIpc) is 2.56. The van der Waals surface area contributed by atoms with Crippen molar-refractivity contribution in [2.45, 2.75) is 37.6 Å². The fraction of sp³-hybridized carbons (Fsp3) is 0.727. The van der Waals surface area contributed by atoms with E-state index in [-0.39, 0.29) is 16.9 Å². The fourth-order valence-corrected chi connectivity index (χ4v) is 3.17. The highest BCUT2D eigenvalue weighted by Gasteiger charge is 2.19. The van der Waals surface area contributed by atoms with Gasteiger partial charge in [0.25, 0.3) is 10.0 Å². The molecule has 7 heteroatoms. The molecule has 0 saturated heterocycles. The minimum Gasteiger partial charge on any atom is -0.337 e. The first-order chi connectivity index (χ1) is 8.22. The van der Waals surface area contributed by atoms with Gasteiger partial charge in [-0.2, -0.15) is 0 Å². The Morgan fingerprint density at radius 1 is 1.50 bits per heavy atom. The minimum absolute atomic E-state index is 0.0379. The summed E-state index contributed by atoms with van der Waals surface area (Å²) in [5.74, 6) is 1.09. The minimum atomic E-state index is -3.56. The zero-order chi connectivity index (χ0) is 13.9. The number of nitrogens with zero attached hydrogens (tertiary/aromatic N) is 2. The van der Waals surface area contributed by atoms with Crippen molar-refractivity contribution in [1.82, 2.24) is 14.3 Å². The summed E-state index contributed by atoms with van der Waals surface area (Å²) in [7, 11) is -1.80. The lowest BCUT2D eigenvalue weighted by atomic mass is 10.1. The van der Waals surface area contributed by atoms with Crippen LogP contribution in [0, 0.1) is 12.8 Å². The Kier molecular flexibility index (Phi) is 5.19. The predicted octanol–water partition coefficient (Wildman–Crippen LogP) is 1.66. The summed E-state index contributed by atoms with van der Waals surface area (Å²) in [5.41, 5.74) is 0. The SMILES string of the molecule is Cc1nc(S(=O)(=O)NCC(Cl)CC(C)C)cn1C. The molecule has 1 heterocycles. The summed E-state index contributed by atoms with van der Waals surface area (Å²) >= 11 is 6.05. The molecule has 5 nitrogen and oxygen atoms in total. The number of aromatic nitrogens is 2. The molecule has 0 saturated carbocycles. The Balaban J connectivity index is 2.66. The Morgan fingerprint density at radius 2 is 2.11 bits per heavy atom. The quantitative estimate of drug-likeness (QED) is 0.811. The molecule has 0 bridgehead atoms. The van der Waals surface area contributed by atoms with Gasteiger partial charge >= 0.3 is 0 Å². The molecule has 0 aromatic carbocycles. The molecule has 104 valence electrons. The number of alkyl halides is 1. The van der Waals surface area contributed by atoms with Gasteiger partial charge in [-0.3, -0.25) is 0 Å². The van der Waals surface area contributed by atoms with E-state index in [0.29, 0.717) is 11.7 Å². The molecule has 0 fully saturated rings. The van der Waals surface area contributed by atoms with Gasteiger partial charge in [0.2, 0.25) is 0 Å². The third-order valence-electron chi connectivity index (χ3n) is 2.58. The highest BCUT2D eigenvalue weighted by molar-refractivity contribution is 7.89. The Labute approximate surface area is 114 Å². The molecule has 0 aliphatic rings. The van der Waals surface area contributed by atoms with Crippen molar-refractivity contribution in [3.05, 3.63) is 12.0 Å². The topological polar surface area (TPSA) is 64.0 Å². The maximum atomic E-state index is 11.9. The summed E-state index contributed by atoms with van der Waals surface area (Å²) in [5, 5.41) is -0.166. The second-order valence-electron chi connectivity index (χ2n) is 4.82. The third kappa shape index (κ3) is 4.26. The number of rotatable bonds is 6. The van der Waals surface area contributed by atoms with Gasteiger partial charge in [-0.15, -0.1) is 11.6 Å². The van der Waals surface area contributed by atoms with Crippen LogP contribution in [0.5, 0.6) is 0 Å². The molecule has 1 atom stereocenters. The monoisotopic (exact) mass is 293 g/mol. The summed E-state index contributed by atoms with van der Waals surface area (Å²) in [6, 6.07) is 0. The van der Waals surface area contributed by atoms with E-state index < -0.39 is 10.0 Å². The molecule has 0 aliphatic carbocycles. The molecule has 18 heavy (non-hydrogen) atoms. The molecule has 1 N–H and O–H groups in total. The van der Waals surface area contributed by atoms with E-state index in [1.54, 1.807) is 18.5 Å². The van der Waals surface area contributed by atoms with Gasteiger partial charge in [0.15, 0.2) is 5.03 Å². The lowest BCUT2D eigenvalue weighted by Crippen LogP contribution is -2.30. The van der Waals surface area contributed by atoms with Gasteiger partial charge in [0, 0.05) is 25.2 Å². The first-order valence-corrected chi connectivity index (χ1v) is 7.78. The van der Waals surface area contributed by atoms with Crippen LogP contribution in [0.3, 0.4) is 0 Å². The predicted molar refractivity (Wildman–Crippen MR) is 72.2 cm³/mol. The first kappa shape index (κ1) is 15.5. The van der Waals surface area contributed by atoms with Crippen LogP contribution in [0.1, 0.15) is 26.1 Å². The number of hydrogen-bond donors (Lipinski definition) is 1. The first-order valence-electron chi connectivity index (χ1n) is 5.86. The second kappa shape index (κ2) is 6.04. The second-order valence-corrected chi connectivity index (χ2v) is 7.15. The van der Waals surface area contributed by atoms with Crippen molar-refractivity contribution in [3.63, 3.8) is 0 Å². The zero-order valence-corrected chi connectivity index (χ0v) is 12.7. The number of imidazole rings is 1. The smallest absolute Gasteiger partial charge is 0.259 e. The number of aryl methyl sites for hydroxylation is 2. The van der Waals surface area contributed by atoms with Crippen LogP contribution in [-0.2, 0) is 17.1 Å². The zero-order valence-electron chi connectivity index (χ0n) is 11.1. The van der Waals surface area contributed by atoms with Gasteiger partial charge < -0.3 is 4.57 Å². The van der Waals surface area contributed by atoms with Crippen LogP contribution >= 0.6 is 11.6 Å². The van der Waals surface area contributed by atoms with Gasteiger partial charge in [-0.05, 0) is 19.3 Å². The van der Waals surface area contributed by atoms with Crippen LogP contribution in [0.4, 0.5) is 0 Å². The third-order valence-corrected chi connectivity index (χ3v) is 4.21. The lowest BCUT2D eigenvalue weighted by Gasteiger charge is -2.12. The normalized spacial score (nSPS) is 14.1. The van der Waals surface area contributed by atoms with Crippen LogP contribution in [0.25, 0.3) is 0 Å². The molecule has 0 aliphatic heterocycles. The van der Waals surface area contributed by atoms with E-state index in [0.717, 1.165) is 6.42 Å². The Morgan fingerprint density at radius 3 is 2.56 bits per heavy atom. The lowest BCUT2D eigenvalue weighted by molar-refractivity contribution is 0.543. The Bertz CT molecular complexity index is 477. The summed E-state index contributed by atoms with van der Waals surface area (Å²) in [6.45, 7) is 6.07. The van der Waals surface area contributed by atoms with Gasteiger partial charge in [0.1, 0.15) is 5.82 Å². The number of nitrogens with one attached hydrogen (secondary N) is 1. The molecule has 1 unspecified atom stereocenters. The molecule has 1 rings (SSSR count).